The van der Waals surface area contributed by atoms with E-state index in [0.29, 0.717) is 5.08 Å². The van der Waals surface area contributed by atoms with E-state index in [1.165, 1.54) is 6.92 Å². The van der Waals surface area contributed by atoms with Crippen LogP contribution in [0.15, 0.2) is 0 Å². The number of hydrogen-bond donors (Lipinski definition) is 2. The molecule has 0 aliphatic carbocycles. The Morgan fingerprint density at radius 2 is 2.20 bits per heavy atom. The maximum Gasteiger partial charge on any atom is 0.324 e. The average molecular weight is 180 g/mol. The zero-order chi connectivity index (χ0) is 8.15. The van der Waals surface area contributed by atoms with Gasteiger partial charge in [-0.25, -0.2) is 0 Å². The van der Waals surface area contributed by atoms with Gasteiger partial charge in [0.2, 0.25) is 0 Å². The lowest BCUT2D eigenvalue weighted by Crippen LogP contribution is -2.24. The smallest absolute Gasteiger partial charge is 0.324 e. The first-order chi connectivity index (χ1) is 4.59. The van der Waals surface area contributed by atoms with Gasteiger partial charge < -0.3 is 5.11 Å². The SMILES string of the molecule is CC(=O)C(SCS)C(=O)O. The Balaban J connectivity index is 3.98. The molecule has 1 N–H and O–H groups in total. The second-order valence-electron chi connectivity index (χ2n) is 1.62. The number of rotatable bonds is 4. The Labute approximate surface area is 68.6 Å². The number of carbonyl (C=O) groups excluding carboxylic acids is 1. The van der Waals surface area contributed by atoms with Gasteiger partial charge in [-0.2, -0.15) is 12.6 Å². The molecule has 0 bridgehead atoms. The van der Waals surface area contributed by atoms with Crippen LogP contribution in [0, 0.1) is 0 Å². The van der Waals surface area contributed by atoms with Crippen LogP contribution in [0.3, 0.4) is 0 Å². The van der Waals surface area contributed by atoms with Gasteiger partial charge in [-0.1, -0.05) is 0 Å². The fourth-order valence-corrected chi connectivity index (χ4v) is 1.41. The molecule has 0 aliphatic rings. The molecule has 1 atom stereocenters. The molecule has 0 spiro atoms. The molecule has 0 radical (unpaired) electrons. The van der Waals surface area contributed by atoms with Gasteiger partial charge in [0.1, 0.15) is 0 Å². The highest BCUT2D eigenvalue weighted by molar-refractivity contribution is 8.10. The van der Waals surface area contributed by atoms with Crippen molar-refractivity contribution in [2.24, 2.45) is 0 Å². The zero-order valence-corrected chi connectivity index (χ0v) is 7.11. The molecular weight excluding hydrogens is 172 g/mol. The second-order valence-corrected chi connectivity index (χ2v) is 3.46. The second kappa shape index (κ2) is 4.62. The molecule has 0 rings (SSSR count). The summed E-state index contributed by atoms with van der Waals surface area (Å²) in [6.07, 6.45) is 0. The van der Waals surface area contributed by atoms with E-state index in [1.807, 2.05) is 0 Å². The summed E-state index contributed by atoms with van der Waals surface area (Å²) in [6.45, 7) is 1.26. The van der Waals surface area contributed by atoms with Gasteiger partial charge >= 0.3 is 5.97 Å². The van der Waals surface area contributed by atoms with Crippen LogP contribution in [0.5, 0.6) is 0 Å². The van der Waals surface area contributed by atoms with Crippen molar-refractivity contribution < 1.29 is 14.7 Å². The van der Waals surface area contributed by atoms with Crippen LogP contribution in [0.2, 0.25) is 0 Å². The predicted molar refractivity (Wildman–Crippen MR) is 43.5 cm³/mol. The Kier molecular flexibility index (Phi) is 4.55. The minimum absolute atomic E-state index is 0.341. The molecule has 0 aliphatic heterocycles. The average Bonchev–Trinajstić information content (AvgIpc) is 1.81. The van der Waals surface area contributed by atoms with Gasteiger partial charge in [-0.3, -0.25) is 9.59 Å². The van der Waals surface area contributed by atoms with Crippen LogP contribution in [-0.4, -0.2) is 27.2 Å². The molecule has 0 aromatic heterocycles. The normalized spacial score (nSPS) is 12.6. The van der Waals surface area contributed by atoms with Crippen molar-refractivity contribution in [3.05, 3.63) is 0 Å². The molecule has 5 heteroatoms. The number of Topliss-reactive ketones (excluding diaryl/α,β-unsaturated/α-hetero) is 1. The monoisotopic (exact) mass is 180 g/mol. The number of hydrogen-bond acceptors (Lipinski definition) is 4. The van der Waals surface area contributed by atoms with Crippen molar-refractivity contribution in [2.75, 3.05) is 5.08 Å². The van der Waals surface area contributed by atoms with Gasteiger partial charge in [0, 0.05) is 5.08 Å². The molecule has 10 heavy (non-hydrogen) atoms. The fourth-order valence-electron chi connectivity index (χ4n) is 0.437. The number of ketones is 1. The molecular formula is C5H8O3S2. The zero-order valence-electron chi connectivity index (χ0n) is 5.40. The number of thioether (sulfide) groups is 1. The van der Waals surface area contributed by atoms with E-state index < -0.39 is 11.2 Å². The van der Waals surface area contributed by atoms with Crippen molar-refractivity contribution in [1.82, 2.24) is 0 Å². The highest BCUT2D eigenvalue weighted by Crippen LogP contribution is 2.12. The van der Waals surface area contributed by atoms with Crippen molar-refractivity contribution in [1.29, 1.82) is 0 Å². The minimum atomic E-state index is -1.09. The van der Waals surface area contributed by atoms with E-state index in [2.05, 4.69) is 12.6 Å². The first-order valence-corrected chi connectivity index (χ1v) is 4.23. The Bertz CT molecular complexity index is 132. The molecule has 3 nitrogen and oxygen atoms in total. The van der Waals surface area contributed by atoms with Crippen molar-refractivity contribution >= 4 is 36.1 Å². The molecule has 0 heterocycles. The maximum atomic E-state index is 10.5. The van der Waals surface area contributed by atoms with Gasteiger partial charge in [-0.05, 0) is 6.92 Å². The summed E-state index contributed by atoms with van der Waals surface area (Å²) in [7, 11) is 0. The number of thiol groups is 1. The minimum Gasteiger partial charge on any atom is -0.480 e. The van der Waals surface area contributed by atoms with Crippen LogP contribution in [0.1, 0.15) is 6.92 Å². The van der Waals surface area contributed by atoms with Crippen molar-refractivity contribution in [2.45, 2.75) is 12.2 Å². The van der Waals surface area contributed by atoms with Crippen LogP contribution in [-0.2, 0) is 9.59 Å². The Morgan fingerprint density at radius 3 is 2.30 bits per heavy atom. The summed E-state index contributed by atoms with van der Waals surface area (Å²) in [5.41, 5.74) is 0. The number of carboxylic acid groups (broad SMARTS) is 1. The summed E-state index contributed by atoms with van der Waals surface area (Å²) in [4.78, 5) is 20.8. The molecule has 58 valence electrons. The highest BCUT2D eigenvalue weighted by atomic mass is 32.2. The number of aliphatic carboxylic acids is 1. The summed E-state index contributed by atoms with van der Waals surface area (Å²) in [6, 6.07) is 0. The third-order valence-corrected chi connectivity index (χ3v) is 2.30. The lowest BCUT2D eigenvalue weighted by Gasteiger charge is -2.04. The molecule has 0 fully saturated rings. The van der Waals surface area contributed by atoms with Gasteiger partial charge in [0.15, 0.2) is 11.0 Å². The third-order valence-electron chi connectivity index (χ3n) is 0.835. The van der Waals surface area contributed by atoms with Crippen LogP contribution in [0.25, 0.3) is 0 Å². The lowest BCUT2D eigenvalue weighted by molar-refractivity contribution is -0.138. The summed E-state index contributed by atoms with van der Waals surface area (Å²) >= 11 is 4.80. The summed E-state index contributed by atoms with van der Waals surface area (Å²) in [5, 5.41) is 7.80. The van der Waals surface area contributed by atoms with E-state index in [1.54, 1.807) is 0 Å². The number of carboxylic acids is 1. The van der Waals surface area contributed by atoms with Crippen LogP contribution < -0.4 is 0 Å². The molecule has 1 unspecified atom stereocenters. The molecule has 0 amide bonds. The first kappa shape index (κ1) is 9.84. The van der Waals surface area contributed by atoms with Gasteiger partial charge in [0.05, 0.1) is 0 Å². The van der Waals surface area contributed by atoms with Crippen LogP contribution >= 0.6 is 24.4 Å². The number of carbonyl (C=O) groups is 2. The topological polar surface area (TPSA) is 54.4 Å². The van der Waals surface area contributed by atoms with Crippen molar-refractivity contribution in [3.8, 4) is 0 Å². The first-order valence-electron chi connectivity index (χ1n) is 2.55. The molecule has 0 saturated heterocycles. The van der Waals surface area contributed by atoms with Crippen LogP contribution in [0.4, 0.5) is 0 Å². The summed E-state index contributed by atoms with van der Waals surface area (Å²) < 4.78 is 0. The molecule has 0 aromatic carbocycles. The Morgan fingerprint density at radius 1 is 1.70 bits per heavy atom. The molecule has 0 saturated carbocycles. The largest absolute Gasteiger partial charge is 0.480 e. The maximum absolute atomic E-state index is 10.5. The fraction of sp³-hybridized carbons (Fsp3) is 0.600. The van der Waals surface area contributed by atoms with Gasteiger partial charge in [-0.15, -0.1) is 11.8 Å². The van der Waals surface area contributed by atoms with E-state index in [-0.39, 0.29) is 5.78 Å². The van der Waals surface area contributed by atoms with Crippen molar-refractivity contribution in [3.63, 3.8) is 0 Å². The predicted octanol–water partition coefficient (Wildman–Crippen LogP) is 0.649. The van der Waals surface area contributed by atoms with E-state index in [0.717, 1.165) is 11.8 Å². The lowest BCUT2D eigenvalue weighted by atomic mass is 10.3. The van der Waals surface area contributed by atoms with E-state index >= 15 is 0 Å². The highest BCUT2D eigenvalue weighted by Gasteiger charge is 2.21. The summed E-state index contributed by atoms with van der Waals surface area (Å²) in [5.74, 6) is -1.43. The Hall–Kier alpha value is -0.160. The van der Waals surface area contributed by atoms with E-state index in [4.69, 9.17) is 5.11 Å². The standard InChI is InChI=1S/C5H8O3S2/c1-3(6)4(5(7)8)10-2-9/h4,9H,2H2,1H3,(H,7,8). The third kappa shape index (κ3) is 3.12. The van der Waals surface area contributed by atoms with E-state index in [9.17, 15) is 9.59 Å². The molecule has 0 aromatic rings. The quantitative estimate of drug-likeness (QED) is 0.379. The van der Waals surface area contributed by atoms with Gasteiger partial charge in [0.25, 0.3) is 0 Å².